The molecule has 0 aromatic heterocycles. The molecule has 1 aromatic rings. The Morgan fingerprint density at radius 3 is 2.19 bits per heavy atom. The highest BCUT2D eigenvalue weighted by Gasteiger charge is 2.54. The first-order valence-corrected chi connectivity index (χ1v) is 10.9. The molecule has 0 radical (unpaired) electrons. The standard InChI is InChI=1S/C20H31N3O3S/c1-7-20(8-2)18(24)21-19(5,14-15(3)4)17(22-27(20,25)26)23(6)16-12-10-9-11-13-16/h9-13,15H,7-8,14H2,1-6H3,(H,21,24). The molecule has 7 heteroatoms. The summed E-state index contributed by atoms with van der Waals surface area (Å²) in [5, 5.41) is 3.05. The van der Waals surface area contributed by atoms with Crippen LogP contribution in [0.2, 0.25) is 0 Å². The van der Waals surface area contributed by atoms with Gasteiger partial charge in [-0.2, -0.15) is 0 Å². The first-order valence-electron chi connectivity index (χ1n) is 9.49. The summed E-state index contributed by atoms with van der Waals surface area (Å²) in [6.45, 7) is 9.40. The minimum absolute atomic E-state index is 0.182. The number of nitrogens with one attached hydrogen (secondary N) is 1. The maximum absolute atomic E-state index is 13.2. The quantitative estimate of drug-likeness (QED) is 0.832. The first kappa shape index (κ1) is 21.4. The lowest BCUT2D eigenvalue weighted by Gasteiger charge is -2.37. The summed E-state index contributed by atoms with van der Waals surface area (Å²) in [6.07, 6.45) is 0.941. The first-order chi connectivity index (χ1) is 12.5. The van der Waals surface area contributed by atoms with Gasteiger partial charge in [0.15, 0.2) is 4.75 Å². The number of carbonyl (C=O) groups excluding carboxylic acids is 1. The molecule has 1 amide bonds. The van der Waals surface area contributed by atoms with Crippen molar-refractivity contribution in [1.29, 1.82) is 0 Å². The summed E-state index contributed by atoms with van der Waals surface area (Å²) in [7, 11) is -2.25. The molecule has 2 rings (SSSR count). The minimum atomic E-state index is -4.05. The van der Waals surface area contributed by atoms with E-state index in [9.17, 15) is 13.2 Å². The summed E-state index contributed by atoms with van der Waals surface area (Å²) < 4.78 is 29.2. The summed E-state index contributed by atoms with van der Waals surface area (Å²) in [4.78, 5) is 14.9. The Hall–Kier alpha value is -1.89. The number of amides is 1. The molecule has 27 heavy (non-hydrogen) atoms. The number of likely N-dealkylation sites (N-methyl/N-ethyl adjacent to an activating group) is 1. The smallest absolute Gasteiger partial charge is 0.269 e. The number of sulfonamides is 1. The summed E-state index contributed by atoms with van der Waals surface area (Å²) in [5.74, 6) is 0.124. The lowest BCUT2D eigenvalue weighted by Crippen LogP contribution is -2.60. The van der Waals surface area contributed by atoms with Gasteiger partial charge in [-0.15, -0.1) is 4.40 Å². The Morgan fingerprint density at radius 2 is 1.70 bits per heavy atom. The van der Waals surface area contributed by atoms with Crippen LogP contribution >= 0.6 is 0 Å². The SMILES string of the molecule is CCC1(CC)C(=O)NC(C)(CC(C)C)C(N(C)c2ccccc2)=NS1(=O)=O. The third-order valence-corrected chi connectivity index (χ3v) is 7.58. The second-order valence-electron chi connectivity index (χ2n) is 7.87. The Bertz CT molecular complexity index is 814. The van der Waals surface area contributed by atoms with Gasteiger partial charge in [-0.25, -0.2) is 8.42 Å². The average molecular weight is 394 g/mol. The molecule has 1 aliphatic rings. The number of nitrogens with zero attached hydrogens (tertiary/aromatic N) is 2. The van der Waals surface area contributed by atoms with Gasteiger partial charge >= 0.3 is 0 Å². The van der Waals surface area contributed by atoms with Gasteiger partial charge in [0.05, 0.1) is 5.54 Å². The fourth-order valence-corrected chi connectivity index (χ4v) is 5.68. The van der Waals surface area contributed by atoms with Gasteiger partial charge in [0.1, 0.15) is 5.84 Å². The minimum Gasteiger partial charge on any atom is -0.342 e. The van der Waals surface area contributed by atoms with E-state index in [4.69, 9.17) is 0 Å². The van der Waals surface area contributed by atoms with Crippen LogP contribution in [0.25, 0.3) is 0 Å². The molecular formula is C20H31N3O3S. The zero-order valence-corrected chi connectivity index (χ0v) is 17.9. The van der Waals surface area contributed by atoms with Crippen LogP contribution in [0.1, 0.15) is 53.9 Å². The Balaban J connectivity index is 2.73. The lowest BCUT2D eigenvalue weighted by atomic mass is 9.87. The third kappa shape index (κ3) is 3.74. The summed E-state index contributed by atoms with van der Waals surface area (Å²) in [5.41, 5.74) is -0.0779. The van der Waals surface area contributed by atoms with Crippen molar-refractivity contribution in [1.82, 2.24) is 5.32 Å². The lowest BCUT2D eigenvalue weighted by molar-refractivity contribution is -0.125. The molecule has 0 bridgehead atoms. The number of amidine groups is 1. The molecule has 1 aliphatic heterocycles. The predicted molar refractivity (Wildman–Crippen MR) is 111 cm³/mol. The zero-order chi connectivity index (χ0) is 20.5. The topological polar surface area (TPSA) is 78.8 Å². The van der Waals surface area contributed by atoms with Gasteiger partial charge in [0.25, 0.3) is 10.0 Å². The van der Waals surface area contributed by atoms with Crippen molar-refractivity contribution < 1.29 is 13.2 Å². The molecule has 1 atom stereocenters. The van der Waals surface area contributed by atoms with Gasteiger partial charge < -0.3 is 10.2 Å². The number of carbonyl (C=O) groups is 1. The van der Waals surface area contributed by atoms with E-state index in [1.54, 1.807) is 25.8 Å². The summed E-state index contributed by atoms with van der Waals surface area (Å²) in [6, 6.07) is 9.46. The average Bonchev–Trinajstić information content (AvgIpc) is 2.65. The van der Waals surface area contributed by atoms with Gasteiger partial charge in [0.2, 0.25) is 5.91 Å². The molecule has 1 unspecified atom stereocenters. The Labute approximate surface area is 163 Å². The van der Waals surface area contributed by atoms with E-state index in [2.05, 4.69) is 9.71 Å². The normalized spacial score (nSPS) is 24.1. The van der Waals surface area contributed by atoms with E-state index < -0.39 is 26.2 Å². The second-order valence-corrected chi connectivity index (χ2v) is 9.78. The van der Waals surface area contributed by atoms with Crippen LogP contribution in [0.15, 0.2) is 34.7 Å². The largest absolute Gasteiger partial charge is 0.342 e. The molecule has 1 N–H and O–H groups in total. The van der Waals surface area contributed by atoms with Crippen molar-refractivity contribution in [2.45, 2.75) is 64.2 Å². The predicted octanol–water partition coefficient (Wildman–Crippen LogP) is 3.34. The van der Waals surface area contributed by atoms with E-state index in [0.29, 0.717) is 12.3 Å². The highest BCUT2D eigenvalue weighted by Crippen LogP contribution is 2.35. The molecule has 150 valence electrons. The van der Waals surface area contributed by atoms with Gasteiger partial charge in [0, 0.05) is 12.7 Å². The van der Waals surface area contributed by atoms with Crippen LogP contribution in [0, 0.1) is 5.92 Å². The molecule has 1 heterocycles. The molecule has 0 aliphatic carbocycles. The third-order valence-electron chi connectivity index (χ3n) is 5.42. The fourth-order valence-electron chi connectivity index (χ4n) is 3.94. The molecule has 1 aromatic carbocycles. The van der Waals surface area contributed by atoms with E-state index in [1.807, 2.05) is 51.1 Å². The summed E-state index contributed by atoms with van der Waals surface area (Å²) >= 11 is 0. The van der Waals surface area contributed by atoms with Crippen molar-refractivity contribution >= 4 is 27.5 Å². The Morgan fingerprint density at radius 1 is 1.15 bits per heavy atom. The molecule has 0 fully saturated rings. The highest BCUT2D eigenvalue weighted by molar-refractivity contribution is 7.92. The maximum atomic E-state index is 13.2. The van der Waals surface area contributed by atoms with E-state index in [0.717, 1.165) is 5.69 Å². The number of hydrogen-bond donors (Lipinski definition) is 1. The molecule has 0 saturated heterocycles. The maximum Gasteiger partial charge on any atom is 0.269 e. The van der Waals surface area contributed by atoms with E-state index >= 15 is 0 Å². The van der Waals surface area contributed by atoms with Crippen LogP contribution in [0.5, 0.6) is 0 Å². The number of benzene rings is 1. The highest BCUT2D eigenvalue weighted by atomic mass is 32.2. The molecule has 6 nitrogen and oxygen atoms in total. The van der Waals surface area contributed by atoms with Crippen molar-refractivity contribution in [3.63, 3.8) is 0 Å². The van der Waals surface area contributed by atoms with Gasteiger partial charge in [-0.1, -0.05) is 45.9 Å². The number of hydrogen-bond acceptors (Lipinski definition) is 4. The monoisotopic (exact) mass is 393 g/mol. The van der Waals surface area contributed by atoms with Gasteiger partial charge in [-0.3, -0.25) is 4.79 Å². The van der Waals surface area contributed by atoms with Crippen LogP contribution in [-0.2, 0) is 14.8 Å². The van der Waals surface area contributed by atoms with Crippen LogP contribution in [0.4, 0.5) is 5.69 Å². The van der Waals surface area contributed by atoms with Crippen molar-refractivity contribution in [2.24, 2.45) is 10.3 Å². The number of anilines is 1. The van der Waals surface area contributed by atoms with Crippen molar-refractivity contribution in [3.05, 3.63) is 30.3 Å². The van der Waals surface area contributed by atoms with E-state index in [-0.39, 0.29) is 18.8 Å². The number of para-hydroxylation sites is 1. The molecule has 0 saturated carbocycles. The number of rotatable bonds is 5. The Kier molecular flexibility index (Phi) is 6.04. The van der Waals surface area contributed by atoms with Crippen LogP contribution < -0.4 is 10.2 Å². The van der Waals surface area contributed by atoms with Crippen molar-refractivity contribution in [2.75, 3.05) is 11.9 Å². The fraction of sp³-hybridized carbons (Fsp3) is 0.600. The van der Waals surface area contributed by atoms with Crippen molar-refractivity contribution in [3.8, 4) is 0 Å². The second kappa shape index (κ2) is 7.62. The van der Waals surface area contributed by atoms with Crippen LogP contribution in [0.3, 0.4) is 0 Å². The van der Waals surface area contributed by atoms with Crippen LogP contribution in [-0.4, -0.2) is 37.5 Å². The van der Waals surface area contributed by atoms with E-state index in [1.165, 1.54) is 0 Å². The molecule has 0 spiro atoms. The van der Waals surface area contributed by atoms with Gasteiger partial charge in [-0.05, 0) is 44.2 Å². The molecular weight excluding hydrogens is 362 g/mol. The zero-order valence-electron chi connectivity index (χ0n) is 17.1.